The molecular weight excluding hydrogens is 364 g/mol. The van der Waals surface area contributed by atoms with E-state index in [0.717, 1.165) is 0 Å². The molecule has 1 fully saturated rings. The van der Waals surface area contributed by atoms with Gasteiger partial charge in [0, 0.05) is 25.0 Å². The highest BCUT2D eigenvalue weighted by Gasteiger charge is 2.34. The van der Waals surface area contributed by atoms with Crippen molar-refractivity contribution in [3.8, 4) is 0 Å². The van der Waals surface area contributed by atoms with Crippen LogP contribution >= 0.6 is 0 Å². The van der Waals surface area contributed by atoms with E-state index in [1.54, 1.807) is 24.3 Å². The number of H-pyrrole nitrogens is 1. The summed E-state index contributed by atoms with van der Waals surface area (Å²) in [6, 6.07) is 6.96. The van der Waals surface area contributed by atoms with Crippen LogP contribution in [0.4, 0.5) is 0 Å². The summed E-state index contributed by atoms with van der Waals surface area (Å²) >= 11 is 0. The lowest BCUT2D eigenvalue weighted by Crippen LogP contribution is -2.54. The van der Waals surface area contributed by atoms with Gasteiger partial charge in [-0.1, -0.05) is 19.1 Å². The highest BCUT2D eigenvalue weighted by atomic mass is 16.4. The molecule has 0 radical (unpaired) electrons. The average molecular weight is 388 g/mol. The fraction of sp³-hybridized carbons (Fsp3) is 0.474. The molecule has 0 unspecified atom stereocenters. The van der Waals surface area contributed by atoms with Crippen LogP contribution in [0.3, 0.4) is 0 Å². The van der Waals surface area contributed by atoms with Gasteiger partial charge >= 0.3 is 11.7 Å². The normalized spacial score (nSPS) is 18.8. The molecule has 0 atom stereocenters. The Morgan fingerprint density at radius 2 is 2.00 bits per heavy atom. The first-order chi connectivity index (χ1) is 13.4. The maximum absolute atomic E-state index is 12.3. The number of aromatic nitrogens is 2. The fourth-order valence-electron chi connectivity index (χ4n) is 3.65. The number of hydrogen-bond acceptors (Lipinski definition) is 5. The summed E-state index contributed by atoms with van der Waals surface area (Å²) in [4.78, 5) is 51.3. The van der Waals surface area contributed by atoms with E-state index >= 15 is 0 Å². The Morgan fingerprint density at radius 1 is 1.29 bits per heavy atom. The topological polar surface area (TPSA) is 124 Å². The number of carboxylic acids is 1. The first-order valence-corrected chi connectivity index (χ1v) is 9.36. The zero-order chi connectivity index (χ0) is 20.3. The van der Waals surface area contributed by atoms with Gasteiger partial charge < -0.3 is 10.4 Å². The number of aliphatic carboxylic acids is 1. The monoisotopic (exact) mass is 388 g/mol. The molecule has 1 aliphatic carbocycles. The minimum Gasteiger partial charge on any atom is -0.480 e. The van der Waals surface area contributed by atoms with Crippen molar-refractivity contribution in [3.05, 3.63) is 45.1 Å². The van der Waals surface area contributed by atoms with E-state index in [1.165, 1.54) is 4.57 Å². The van der Waals surface area contributed by atoms with Gasteiger partial charge in [0.15, 0.2) is 0 Å². The standard InChI is InChI=1S/C19H24N4O5/c1-2-22(11-17(25)26)13-9-12(10-13)20-16(24)7-8-23-15-6-4-3-5-14(15)18(27)21-19(23)28/h3-6,12-13H,2,7-11H2,1H3,(H,20,24)(H,25,26)(H,21,27,28). The van der Waals surface area contributed by atoms with Crippen molar-refractivity contribution < 1.29 is 14.7 Å². The SMILES string of the molecule is CCN(CC(=O)O)C1CC(NC(=O)CCn2c(=O)[nH]c(=O)c3ccccc32)C1. The lowest BCUT2D eigenvalue weighted by atomic mass is 9.85. The summed E-state index contributed by atoms with van der Waals surface area (Å²) in [5.41, 5.74) is -0.476. The molecular formula is C19H24N4O5. The summed E-state index contributed by atoms with van der Waals surface area (Å²) in [7, 11) is 0. The second kappa shape index (κ2) is 8.39. The van der Waals surface area contributed by atoms with Crippen molar-refractivity contribution in [2.24, 2.45) is 0 Å². The highest BCUT2D eigenvalue weighted by molar-refractivity contribution is 5.79. The number of aryl methyl sites for hydroxylation is 1. The van der Waals surface area contributed by atoms with Crippen LogP contribution in [0.25, 0.3) is 10.9 Å². The van der Waals surface area contributed by atoms with E-state index < -0.39 is 17.2 Å². The van der Waals surface area contributed by atoms with Crippen LogP contribution in [0.2, 0.25) is 0 Å². The summed E-state index contributed by atoms with van der Waals surface area (Å²) in [6.07, 6.45) is 1.55. The molecule has 150 valence electrons. The maximum Gasteiger partial charge on any atom is 0.328 e. The van der Waals surface area contributed by atoms with Gasteiger partial charge in [0.05, 0.1) is 17.4 Å². The summed E-state index contributed by atoms with van der Waals surface area (Å²) in [5, 5.41) is 12.3. The molecule has 9 nitrogen and oxygen atoms in total. The summed E-state index contributed by atoms with van der Waals surface area (Å²) < 4.78 is 1.39. The Hall–Kier alpha value is -2.94. The number of likely N-dealkylation sites (N-methyl/N-ethyl adjacent to an activating group) is 1. The second-order valence-electron chi connectivity index (χ2n) is 7.02. The van der Waals surface area contributed by atoms with Gasteiger partial charge in [-0.3, -0.25) is 28.8 Å². The van der Waals surface area contributed by atoms with Crippen LogP contribution in [-0.2, 0) is 16.1 Å². The molecule has 1 amide bonds. The quantitative estimate of drug-likeness (QED) is 0.591. The third-order valence-corrected chi connectivity index (χ3v) is 5.21. The van der Waals surface area contributed by atoms with Gasteiger partial charge in [0.2, 0.25) is 5.91 Å². The Bertz CT molecular complexity index is 990. The largest absolute Gasteiger partial charge is 0.480 e. The van der Waals surface area contributed by atoms with Crippen molar-refractivity contribution in [2.45, 2.75) is 44.8 Å². The molecule has 1 aromatic carbocycles. The number of nitrogens with one attached hydrogen (secondary N) is 2. The van der Waals surface area contributed by atoms with E-state index in [9.17, 15) is 19.2 Å². The Balaban J connectivity index is 1.55. The van der Waals surface area contributed by atoms with E-state index in [0.29, 0.717) is 30.3 Å². The Labute approximate surface area is 161 Å². The predicted molar refractivity (Wildman–Crippen MR) is 103 cm³/mol. The molecule has 1 aliphatic rings. The van der Waals surface area contributed by atoms with Gasteiger partial charge in [-0.25, -0.2) is 4.79 Å². The fourth-order valence-corrected chi connectivity index (χ4v) is 3.65. The first kappa shape index (κ1) is 19.8. The molecule has 28 heavy (non-hydrogen) atoms. The van der Waals surface area contributed by atoms with Crippen LogP contribution in [0.5, 0.6) is 0 Å². The van der Waals surface area contributed by atoms with E-state index in [1.807, 2.05) is 11.8 Å². The third-order valence-electron chi connectivity index (χ3n) is 5.21. The Kier molecular flexibility index (Phi) is 5.93. The molecule has 1 heterocycles. The number of rotatable bonds is 8. The molecule has 3 rings (SSSR count). The summed E-state index contributed by atoms with van der Waals surface area (Å²) in [6.45, 7) is 2.74. The lowest BCUT2D eigenvalue weighted by molar-refractivity contribution is -0.139. The number of hydrogen-bond donors (Lipinski definition) is 3. The van der Waals surface area contributed by atoms with Gasteiger partial charge in [0.25, 0.3) is 5.56 Å². The molecule has 3 N–H and O–H groups in total. The van der Waals surface area contributed by atoms with Crippen molar-refractivity contribution in [2.75, 3.05) is 13.1 Å². The van der Waals surface area contributed by atoms with Crippen LogP contribution in [0, 0.1) is 0 Å². The lowest BCUT2D eigenvalue weighted by Gasteiger charge is -2.42. The number of carbonyl (C=O) groups excluding carboxylic acids is 1. The number of carbonyl (C=O) groups is 2. The van der Waals surface area contributed by atoms with Gasteiger partial charge in [-0.05, 0) is 31.5 Å². The molecule has 0 saturated heterocycles. The number of benzene rings is 1. The number of carboxylic acid groups (broad SMARTS) is 1. The van der Waals surface area contributed by atoms with Crippen molar-refractivity contribution in [1.82, 2.24) is 19.8 Å². The van der Waals surface area contributed by atoms with Crippen LogP contribution < -0.4 is 16.6 Å². The van der Waals surface area contributed by atoms with Gasteiger partial charge in [0.1, 0.15) is 0 Å². The highest BCUT2D eigenvalue weighted by Crippen LogP contribution is 2.25. The number of nitrogens with zero attached hydrogens (tertiary/aromatic N) is 2. The van der Waals surface area contributed by atoms with Crippen molar-refractivity contribution in [1.29, 1.82) is 0 Å². The zero-order valence-corrected chi connectivity index (χ0v) is 15.7. The molecule has 0 spiro atoms. The number of aromatic amines is 1. The first-order valence-electron chi connectivity index (χ1n) is 9.36. The molecule has 1 aromatic heterocycles. The molecule has 2 aromatic rings. The van der Waals surface area contributed by atoms with Crippen LogP contribution in [0.1, 0.15) is 26.2 Å². The van der Waals surface area contributed by atoms with E-state index in [-0.39, 0.29) is 37.5 Å². The van der Waals surface area contributed by atoms with Crippen LogP contribution in [0.15, 0.2) is 33.9 Å². The van der Waals surface area contributed by atoms with Gasteiger partial charge in [-0.15, -0.1) is 0 Å². The minimum atomic E-state index is -0.854. The van der Waals surface area contributed by atoms with Crippen molar-refractivity contribution >= 4 is 22.8 Å². The number of para-hydroxylation sites is 1. The molecule has 1 saturated carbocycles. The average Bonchev–Trinajstić information content (AvgIpc) is 2.62. The van der Waals surface area contributed by atoms with Crippen molar-refractivity contribution in [3.63, 3.8) is 0 Å². The second-order valence-corrected chi connectivity index (χ2v) is 7.02. The molecule has 0 aliphatic heterocycles. The number of fused-ring (bicyclic) bond motifs is 1. The zero-order valence-electron chi connectivity index (χ0n) is 15.7. The maximum atomic E-state index is 12.3. The molecule has 0 bridgehead atoms. The van der Waals surface area contributed by atoms with E-state index in [2.05, 4.69) is 10.3 Å². The van der Waals surface area contributed by atoms with Gasteiger partial charge in [-0.2, -0.15) is 0 Å². The minimum absolute atomic E-state index is 0.00400. The number of amides is 1. The molecule has 9 heteroatoms. The summed E-state index contributed by atoms with van der Waals surface area (Å²) in [5.74, 6) is -1.03. The van der Waals surface area contributed by atoms with Crippen LogP contribution in [-0.4, -0.2) is 56.6 Å². The Morgan fingerprint density at radius 3 is 2.68 bits per heavy atom. The smallest absolute Gasteiger partial charge is 0.328 e. The third kappa shape index (κ3) is 4.30. The predicted octanol–water partition coefficient (Wildman–Crippen LogP) is 0.134. The van der Waals surface area contributed by atoms with E-state index in [4.69, 9.17) is 5.11 Å².